The van der Waals surface area contributed by atoms with Crippen molar-refractivity contribution < 1.29 is 19.4 Å². The number of carboxylic acid groups (broad SMARTS) is 1. The molecule has 1 heterocycles. The molecule has 1 aromatic heterocycles. The predicted octanol–water partition coefficient (Wildman–Crippen LogP) is 0.930. The Morgan fingerprint density at radius 2 is 2.24 bits per heavy atom. The van der Waals surface area contributed by atoms with Gasteiger partial charge in [-0.2, -0.15) is 0 Å². The number of hydrogen-bond donors (Lipinski definition) is 1. The van der Waals surface area contributed by atoms with E-state index in [9.17, 15) is 9.59 Å². The average molecular weight is 256 g/mol. The summed E-state index contributed by atoms with van der Waals surface area (Å²) in [6.45, 7) is 1.74. The Morgan fingerprint density at radius 3 is 2.76 bits per heavy atom. The summed E-state index contributed by atoms with van der Waals surface area (Å²) in [5.74, 6) is -3.50. The largest absolute Gasteiger partial charge is 0.480 e. The molecule has 0 aliphatic rings. The molecule has 1 rings (SSSR count). The number of thioether (sulfide) groups is 1. The Bertz CT molecular complexity index is 425. The second-order valence-electron chi connectivity index (χ2n) is 3.01. The van der Waals surface area contributed by atoms with Crippen molar-refractivity contribution in [2.45, 2.75) is 17.9 Å². The lowest BCUT2D eigenvalue weighted by molar-refractivity contribution is -0.153. The number of nitrogens with zero attached hydrogens (tertiary/aromatic N) is 2. The Kier molecular flexibility index (Phi) is 4.89. The molecule has 0 fully saturated rings. The maximum atomic E-state index is 11.5. The molecular formula is C10H12N2O4S. The highest BCUT2D eigenvalue weighted by Crippen LogP contribution is 2.19. The van der Waals surface area contributed by atoms with Gasteiger partial charge in [-0.1, -0.05) is 0 Å². The SMILES string of the molecule is CCOC(=O)C(C(=O)O)c1cc(SC)ncn1. The first-order valence-electron chi connectivity index (χ1n) is 4.85. The minimum atomic E-state index is -1.40. The van der Waals surface area contributed by atoms with E-state index in [4.69, 9.17) is 9.84 Å². The molecule has 1 N–H and O–H groups in total. The van der Waals surface area contributed by atoms with E-state index in [1.807, 2.05) is 0 Å². The molecule has 7 heteroatoms. The highest BCUT2D eigenvalue weighted by atomic mass is 32.2. The molecule has 0 amide bonds. The third-order valence-electron chi connectivity index (χ3n) is 1.94. The van der Waals surface area contributed by atoms with E-state index in [2.05, 4.69) is 9.97 Å². The van der Waals surface area contributed by atoms with Crippen molar-refractivity contribution in [2.75, 3.05) is 12.9 Å². The van der Waals surface area contributed by atoms with Gasteiger partial charge in [0.05, 0.1) is 17.3 Å². The summed E-state index contributed by atoms with van der Waals surface area (Å²) in [5, 5.41) is 9.62. The van der Waals surface area contributed by atoms with Gasteiger partial charge in [-0.05, 0) is 19.2 Å². The van der Waals surface area contributed by atoms with Gasteiger partial charge in [0.1, 0.15) is 6.33 Å². The predicted molar refractivity (Wildman–Crippen MR) is 60.8 cm³/mol. The fraction of sp³-hybridized carbons (Fsp3) is 0.400. The first kappa shape index (κ1) is 13.4. The summed E-state index contributed by atoms with van der Waals surface area (Å²) in [5.41, 5.74) is 0.135. The van der Waals surface area contributed by atoms with E-state index >= 15 is 0 Å². The van der Waals surface area contributed by atoms with Crippen LogP contribution in [0.3, 0.4) is 0 Å². The van der Waals surface area contributed by atoms with Gasteiger partial charge in [0, 0.05) is 0 Å². The van der Waals surface area contributed by atoms with Crippen LogP contribution in [0.15, 0.2) is 17.4 Å². The number of carbonyl (C=O) groups excluding carboxylic acids is 1. The highest BCUT2D eigenvalue weighted by molar-refractivity contribution is 7.98. The summed E-state index contributed by atoms with van der Waals surface area (Å²) in [4.78, 5) is 30.3. The number of esters is 1. The molecular weight excluding hydrogens is 244 g/mol. The van der Waals surface area contributed by atoms with E-state index in [0.29, 0.717) is 5.03 Å². The molecule has 17 heavy (non-hydrogen) atoms. The van der Waals surface area contributed by atoms with Crippen LogP contribution in [-0.2, 0) is 14.3 Å². The zero-order valence-corrected chi connectivity index (χ0v) is 10.2. The third kappa shape index (κ3) is 3.42. The van der Waals surface area contributed by atoms with Crippen molar-refractivity contribution in [1.29, 1.82) is 0 Å². The molecule has 6 nitrogen and oxygen atoms in total. The second kappa shape index (κ2) is 6.19. The maximum absolute atomic E-state index is 11.5. The van der Waals surface area contributed by atoms with Crippen molar-refractivity contribution in [1.82, 2.24) is 9.97 Å². The molecule has 1 aromatic rings. The van der Waals surface area contributed by atoms with E-state index < -0.39 is 17.9 Å². The van der Waals surface area contributed by atoms with E-state index in [0.717, 1.165) is 0 Å². The fourth-order valence-corrected chi connectivity index (χ4v) is 1.59. The molecule has 1 unspecified atom stereocenters. The normalized spacial score (nSPS) is 11.9. The Labute approximate surface area is 102 Å². The zero-order valence-electron chi connectivity index (χ0n) is 9.41. The number of carboxylic acids is 1. The van der Waals surface area contributed by atoms with Crippen molar-refractivity contribution in [2.24, 2.45) is 0 Å². The van der Waals surface area contributed by atoms with Crippen LogP contribution in [0.1, 0.15) is 18.5 Å². The lowest BCUT2D eigenvalue weighted by atomic mass is 10.1. The zero-order chi connectivity index (χ0) is 12.8. The topological polar surface area (TPSA) is 89.4 Å². The van der Waals surface area contributed by atoms with Gasteiger partial charge in [-0.15, -0.1) is 11.8 Å². The van der Waals surface area contributed by atoms with Crippen LogP contribution in [0.25, 0.3) is 0 Å². The molecule has 0 aliphatic heterocycles. The van der Waals surface area contributed by atoms with Crippen LogP contribution in [0, 0.1) is 0 Å². The average Bonchev–Trinajstić information content (AvgIpc) is 2.29. The first-order chi connectivity index (χ1) is 8.10. The van der Waals surface area contributed by atoms with Gasteiger partial charge in [-0.25, -0.2) is 9.97 Å². The number of carbonyl (C=O) groups is 2. The standard InChI is InChI=1S/C10H12N2O4S/c1-3-16-10(15)8(9(13)14)6-4-7(17-2)12-5-11-6/h4-5,8H,3H2,1-2H3,(H,13,14). The molecule has 0 bridgehead atoms. The van der Waals surface area contributed by atoms with E-state index in [1.165, 1.54) is 24.2 Å². The van der Waals surface area contributed by atoms with Crippen LogP contribution in [0.5, 0.6) is 0 Å². The summed E-state index contributed by atoms with van der Waals surface area (Å²) in [7, 11) is 0. The quantitative estimate of drug-likeness (QED) is 0.363. The van der Waals surface area contributed by atoms with Crippen LogP contribution in [0.4, 0.5) is 0 Å². The smallest absolute Gasteiger partial charge is 0.326 e. The monoisotopic (exact) mass is 256 g/mol. The van der Waals surface area contributed by atoms with Crippen molar-refractivity contribution in [3.8, 4) is 0 Å². The lowest BCUT2D eigenvalue weighted by Crippen LogP contribution is -2.24. The summed E-state index contributed by atoms with van der Waals surface area (Å²) >= 11 is 1.34. The molecule has 0 aliphatic carbocycles. The van der Waals surface area contributed by atoms with E-state index in [-0.39, 0.29) is 12.3 Å². The summed E-state index contributed by atoms with van der Waals surface area (Å²) in [6, 6.07) is 1.47. The molecule has 1 atom stereocenters. The van der Waals surface area contributed by atoms with Crippen LogP contribution in [0.2, 0.25) is 0 Å². The van der Waals surface area contributed by atoms with Gasteiger partial charge in [-0.3, -0.25) is 9.59 Å². The minimum absolute atomic E-state index is 0.128. The van der Waals surface area contributed by atoms with Crippen molar-refractivity contribution >= 4 is 23.7 Å². The van der Waals surface area contributed by atoms with Gasteiger partial charge >= 0.3 is 11.9 Å². The lowest BCUT2D eigenvalue weighted by Gasteiger charge is -2.10. The van der Waals surface area contributed by atoms with Crippen LogP contribution >= 0.6 is 11.8 Å². The number of rotatable bonds is 5. The summed E-state index contributed by atoms with van der Waals surface area (Å²) < 4.78 is 4.71. The number of aliphatic carboxylic acids is 1. The highest BCUT2D eigenvalue weighted by Gasteiger charge is 2.31. The maximum Gasteiger partial charge on any atom is 0.326 e. The molecule has 0 radical (unpaired) electrons. The Balaban J connectivity index is 3.05. The van der Waals surface area contributed by atoms with Gasteiger partial charge in [0.15, 0.2) is 5.92 Å². The summed E-state index contributed by atoms with van der Waals surface area (Å²) in [6.07, 6.45) is 3.03. The Morgan fingerprint density at radius 1 is 1.53 bits per heavy atom. The second-order valence-corrected chi connectivity index (χ2v) is 3.84. The molecule has 0 saturated carbocycles. The molecule has 0 aromatic carbocycles. The molecule has 0 spiro atoms. The minimum Gasteiger partial charge on any atom is -0.480 e. The van der Waals surface area contributed by atoms with Gasteiger partial charge in [0.2, 0.25) is 0 Å². The van der Waals surface area contributed by atoms with Crippen molar-refractivity contribution in [3.63, 3.8) is 0 Å². The number of aromatic nitrogens is 2. The number of ether oxygens (including phenoxy) is 1. The number of hydrogen-bond acceptors (Lipinski definition) is 6. The Hall–Kier alpha value is -1.63. The molecule has 0 saturated heterocycles. The fourth-order valence-electron chi connectivity index (χ4n) is 1.20. The van der Waals surface area contributed by atoms with E-state index in [1.54, 1.807) is 13.2 Å². The van der Waals surface area contributed by atoms with Gasteiger partial charge < -0.3 is 9.84 Å². The first-order valence-corrected chi connectivity index (χ1v) is 6.08. The molecule has 92 valence electrons. The third-order valence-corrected chi connectivity index (χ3v) is 2.58. The van der Waals surface area contributed by atoms with Crippen molar-refractivity contribution in [3.05, 3.63) is 18.1 Å². The van der Waals surface area contributed by atoms with Crippen LogP contribution < -0.4 is 0 Å². The van der Waals surface area contributed by atoms with Crippen LogP contribution in [-0.4, -0.2) is 39.9 Å². The van der Waals surface area contributed by atoms with Gasteiger partial charge in [0.25, 0.3) is 0 Å².